The molecule has 0 amide bonds. The van der Waals surface area contributed by atoms with E-state index in [1.165, 1.54) is 16.6 Å². The van der Waals surface area contributed by atoms with Gasteiger partial charge in [-0.15, -0.1) is 0 Å². The van der Waals surface area contributed by atoms with Crippen molar-refractivity contribution in [2.75, 3.05) is 32.4 Å². The molecule has 2 aromatic rings. The molecule has 1 aliphatic rings. The van der Waals surface area contributed by atoms with Gasteiger partial charge in [0.25, 0.3) is 0 Å². The molecule has 1 fully saturated rings. The summed E-state index contributed by atoms with van der Waals surface area (Å²) >= 11 is 5.42. The van der Waals surface area contributed by atoms with E-state index in [0.29, 0.717) is 49.0 Å². The second-order valence-electron chi connectivity index (χ2n) is 6.07. The molecule has 1 aromatic heterocycles. The van der Waals surface area contributed by atoms with E-state index in [9.17, 15) is 12.8 Å². The third-order valence-corrected chi connectivity index (χ3v) is 6.08. The predicted molar refractivity (Wildman–Crippen MR) is 95.4 cm³/mol. The summed E-state index contributed by atoms with van der Waals surface area (Å²) in [4.78, 5) is 2.08. The molecule has 3 rings (SSSR count). The normalized spacial score (nSPS) is 17.1. The highest BCUT2D eigenvalue weighted by Gasteiger charge is 2.24. The largest absolute Gasteiger partial charge is 0.303 e. The van der Waals surface area contributed by atoms with Gasteiger partial charge in [-0.25, -0.2) is 17.5 Å². The molecular weight excluding hydrogens is 365 g/mol. The summed E-state index contributed by atoms with van der Waals surface area (Å²) in [6.45, 7) is 2.53. The number of piperazine rings is 1. The number of aromatic nitrogens is 3. The van der Waals surface area contributed by atoms with E-state index in [1.54, 1.807) is 34.5 Å². The Kier molecular flexibility index (Phi) is 5.05. The van der Waals surface area contributed by atoms with Gasteiger partial charge in [-0.1, -0.05) is 12.1 Å². The van der Waals surface area contributed by atoms with Crippen LogP contribution in [0.5, 0.6) is 0 Å². The molecule has 0 saturated carbocycles. The smallest absolute Gasteiger partial charge is 0.211 e. The first-order chi connectivity index (χ1) is 11.8. The third-order valence-electron chi connectivity index (χ3n) is 4.29. The van der Waals surface area contributed by atoms with Crippen LogP contribution in [-0.4, -0.2) is 64.4 Å². The van der Waals surface area contributed by atoms with E-state index >= 15 is 0 Å². The van der Waals surface area contributed by atoms with Crippen molar-refractivity contribution in [3.05, 3.63) is 34.9 Å². The van der Waals surface area contributed by atoms with Crippen LogP contribution in [0.25, 0.3) is 11.4 Å². The molecule has 0 unspecified atom stereocenters. The fourth-order valence-corrected chi connectivity index (χ4v) is 3.86. The van der Waals surface area contributed by atoms with Gasteiger partial charge in [-0.05, 0) is 24.4 Å². The summed E-state index contributed by atoms with van der Waals surface area (Å²) in [5.74, 6) is 0.123. The number of rotatable bonds is 4. The van der Waals surface area contributed by atoms with Crippen molar-refractivity contribution in [3.63, 3.8) is 0 Å². The summed E-state index contributed by atoms with van der Waals surface area (Å²) in [7, 11) is -1.40. The molecular formula is C15H20FN5O2S2. The van der Waals surface area contributed by atoms with Gasteiger partial charge in [0.2, 0.25) is 10.0 Å². The summed E-state index contributed by atoms with van der Waals surface area (Å²) in [5.41, 5.74) is 0.400. The van der Waals surface area contributed by atoms with Gasteiger partial charge < -0.3 is 4.57 Å². The molecule has 7 nitrogen and oxygen atoms in total. The monoisotopic (exact) mass is 385 g/mol. The Morgan fingerprint density at radius 1 is 1.20 bits per heavy atom. The molecule has 2 heterocycles. The molecule has 10 heteroatoms. The Bertz CT molecular complexity index is 930. The number of hydrogen-bond donors (Lipinski definition) is 0. The van der Waals surface area contributed by atoms with Crippen LogP contribution < -0.4 is 0 Å². The molecule has 0 atom stereocenters. The molecule has 1 aliphatic heterocycles. The summed E-state index contributed by atoms with van der Waals surface area (Å²) < 4.78 is 42.5. The third kappa shape index (κ3) is 3.81. The lowest BCUT2D eigenvalue weighted by atomic mass is 10.2. The molecule has 0 spiro atoms. The molecule has 1 aromatic carbocycles. The van der Waals surface area contributed by atoms with E-state index in [0.717, 1.165) is 0 Å². The van der Waals surface area contributed by atoms with Gasteiger partial charge in [0.05, 0.1) is 18.5 Å². The van der Waals surface area contributed by atoms with Gasteiger partial charge in [-0.2, -0.15) is 9.40 Å². The van der Waals surface area contributed by atoms with Crippen LogP contribution in [0, 0.1) is 10.6 Å². The lowest BCUT2D eigenvalue weighted by Crippen LogP contribution is -2.48. The number of nitrogens with zero attached hydrogens (tertiary/aromatic N) is 5. The van der Waals surface area contributed by atoms with Crippen molar-refractivity contribution in [1.82, 2.24) is 23.6 Å². The van der Waals surface area contributed by atoms with Gasteiger partial charge in [0.15, 0.2) is 10.6 Å². The average Bonchev–Trinajstić information content (AvgIpc) is 2.83. The molecule has 25 heavy (non-hydrogen) atoms. The Morgan fingerprint density at radius 2 is 1.84 bits per heavy atom. The zero-order valence-electron chi connectivity index (χ0n) is 14.1. The van der Waals surface area contributed by atoms with Gasteiger partial charge >= 0.3 is 0 Å². The number of hydrogen-bond acceptors (Lipinski definition) is 5. The summed E-state index contributed by atoms with van der Waals surface area (Å²) in [6, 6.07) is 6.44. The number of benzene rings is 1. The van der Waals surface area contributed by atoms with Crippen molar-refractivity contribution >= 4 is 22.2 Å². The molecule has 0 radical (unpaired) electrons. The molecule has 0 aliphatic carbocycles. The first kappa shape index (κ1) is 18.2. The van der Waals surface area contributed by atoms with Crippen molar-refractivity contribution in [1.29, 1.82) is 0 Å². The first-order valence-corrected chi connectivity index (χ1v) is 10.1. The maximum atomic E-state index is 14.0. The van der Waals surface area contributed by atoms with E-state index in [4.69, 9.17) is 12.2 Å². The van der Waals surface area contributed by atoms with Crippen LogP contribution in [0.1, 0.15) is 0 Å². The lowest BCUT2D eigenvalue weighted by Gasteiger charge is -2.32. The minimum absolute atomic E-state index is 0.348. The maximum absolute atomic E-state index is 14.0. The highest BCUT2D eigenvalue weighted by Crippen LogP contribution is 2.21. The minimum Gasteiger partial charge on any atom is -0.303 e. The fourth-order valence-electron chi connectivity index (χ4n) is 2.85. The second kappa shape index (κ2) is 6.94. The Hall–Kier alpha value is -1.62. The van der Waals surface area contributed by atoms with E-state index in [2.05, 4.69) is 10.00 Å². The summed E-state index contributed by atoms with van der Waals surface area (Å²) in [6.07, 6.45) is 1.22. The van der Waals surface area contributed by atoms with Gasteiger partial charge in [0, 0.05) is 33.2 Å². The lowest BCUT2D eigenvalue weighted by molar-refractivity contribution is 0.145. The van der Waals surface area contributed by atoms with E-state index < -0.39 is 10.0 Å². The second-order valence-corrected chi connectivity index (χ2v) is 8.41. The van der Waals surface area contributed by atoms with Gasteiger partial charge in [-0.3, -0.25) is 4.90 Å². The predicted octanol–water partition coefficient (Wildman–Crippen LogP) is 1.29. The van der Waals surface area contributed by atoms with Crippen LogP contribution in [0.3, 0.4) is 0 Å². The zero-order valence-corrected chi connectivity index (χ0v) is 15.7. The standard InChI is InChI=1S/C15H20FN5O2S2/c1-18-14(12-5-3-4-6-13(12)16)17-21(15(18)24)11-19-7-9-20(10-8-19)25(2,22)23/h3-6H,7-11H2,1-2H3. The van der Waals surface area contributed by atoms with Crippen molar-refractivity contribution in [2.45, 2.75) is 6.67 Å². The highest BCUT2D eigenvalue weighted by molar-refractivity contribution is 7.88. The molecule has 136 valence electrons. The maximum Gasteiger partial charge on any atom is 0.211 e. The topological polar surface area (TPSA) is 63.4 Å². The SMILES string of the molecule is Cn1c(-c2ccccc2F)nn(CN2CCN(S(C)(=O)=O)CC2)c1=S. The quantitative estimate of drug-likeness (QED) is 0.743. The first-order valence-electron chi connectivity index (χ1n) is 7.83. The van der Waals surface area contributed by atoms with Crippen molar-refractivity contribution in [3.8, 4) is 11.4 Å². The molecule has 0 bridgehead atoms. The number of sulfonamides is 1. The zero-order chi connectivity index (χ0) is 18.2. The fraction of sp³-hybridized carbons (Fsp3) is 0.467. The average molecular weight is 385 g/mol. The van der Waals surface area contributed by atoms with Gasteiger partial charge in [0.1, 0.15) is 5.82 Å². The van der Waals surface area contributed by atoms with Crippen molar-refractivity contribution < 1.29 is 12.8 Å². The number of halogens is 1. The Labute approximate surface area is 151 Å². The van der Waals surface area contributed by atoms with Crippen LogP contribution >= 0.6 is 12.2 Å². The molecule has 0 N–H and O–H groups in total. The summed E-state index contributed by atoms with van der Waals surface area (Å²) in [5, 5.41) is 4.46. The van der Waals surface area contributed by atoms with Crippen LogP contribution in [0.15, 0.2) is 24.3 Å². The Balaban J connectivity index is 1.78. The van der Waals surface area contributed by atoms with E-state index in [1.807, 2.05) is 0 Å². The van der Waals surface area contributed by atoms with Crippen LogP contribution in [0.4, 0.5) is 4.39 Å². The Morgan fingerprint density at radius 3 is 2.44 bits per heavy atom. The molecule has 1 saturated heterocycles. The minimum atomic E-state index is -3.16. The highest BCUT2D eigenvalue weighted by atomic mass is 32.2. The van der Waals surface area contributed by atoms with Crippen LogP contribution in [0.2, 0.25) is 0 Å². The van der Waals surface area contributed by atoms with E-state index in [-0.39, 0.29) is 5.82 Å². The van der Waals surface area contributed by atoms with Crippen molar-refractivity contribution in [2.24, 2.45) is 7.05 Å². The van der Waals surface area contributed by atoms with Crippen LogP contribution in [-0.2, 0) is 23.7 Å².